The van der Waals surface area contributed by atoms with E-state index in [1.165, 1.54) is 14.2 Å². The first-order chi connectivity index (χ1) is 13.4. The number of nitrogens with one attached hydrogen (secondary N) is 2. The van der Waals surface area contributed by atoms with Crippen LogP contribution < -0.4 is 26.2 Å². The van der Waals surface area contributed by atoms with Gasteiger partial charge in [-0.15, -0.1) is 0 Å². The highest BCUT2D eigenvalue weighted by molar-refractivity contribution is 5.95. The zero-order valence-corrected chi connectivity index (χ0v) is 16.1. The van der Waals surface area contributed by atoms with Crippen molar-refractivity contribution in [3.05, 3.63) is 51.1 Å². The number of benzene rings is 1. The Balaban J connectivity index is 2.27. The number of carbonyl (C=O) groups excluding carboxylic acids is 1. The number of methoxy groups -OCH3 is 2. The average molecular weight is 386 g/mol. The van der Waals surface area contributed by atoms with Crippen molar-refractivity contribution in [3.8, 4) is 11.5 Å². The zero-order chi connectivity index (χ0) is 20.4. The van der Waals surface area contributed by atoms with E-state index in [-0.39, 0.29) is 12.4 Å². The first-order valence-corrected chi connectivity index (χ1v) is 8.67. The molecule has 1 aromatic carbocycles. The summed E-state index contributed by atoms with van der Waals surface area (Å²) in [6, 6.07) is 5.30. The molecular formula is C19H22N4O5. The molecule has 0 fully saturated rings. The first-order valence-electron chi connectivity index (χ1n) is 8.67. The van der Waals surface area contributed by atoms with Crippen molar-refractivity contribution < 1.29 is 19.0 Å². The standard InChI is InChI=1S/C19H22N4O5/c1-5-28-18(24)13-9(2)21-17-15(16(20)22-19(25)23-17)14(13)10-6-7-11(26-3)12(8-10)27-4/h6-8,14H,5H2,1-4H3,(H4,20,21,22,23,25). The lowest BCUT2D eigenvalue weighted by Gasteiger charge is -2.30. The summed E-state index contributed by atoms with van der Waals surface area (Å²) in [4.78, 5) is 31.0. The lowest BCUT2D eigenvalue weighted by Crippen LogP contribution is -2.29. The third-order valence-corrected chi connectivity index (χ3v) is 4.52. The van der Waals surface area contributed by atoms with E-state index in [2.05, 4.69) is 15.3 Å². The molecule has 148 valence electrons. The molecule has 0 aliphatic carbocycles. The lowest BCUT2D eigenvalue weighted by atomic mass is 9.81. The van der Waals surface area contributed by atoms with Gasteiger partial charge in [-0.25, -0.2) is 9.59 Å². The molecule has 0 spiro atoms. The van der Waals surface area contributed by atoms with Crippen LogP contribution in [0.25, 0.3) is 0 Å². The number of nitrogens with zero attached hydrogens (tertiary/aromatic N) is 1. The summed E-state index contributed by atoms with van der Waals surface area (Å²) in [5, 5.41) is 2.99. The molecule has 1 aliphatic heterocycles. The van der Waals surface area contributed by atoms with Gasteiger partial charge in [0.05, 0.1) is 32.3 Å². The summed E-state index contributed by atoms with van der Waals surface area (Å²) >= 11 is 0. The number of H-pyrrole nitrogens is 1. The minimum atomic E-state index is -0.612. The van der Waals surface area contributed by atoms with Crippen molar-refractivity contribution in [2.45, 2.75) is 19.8 Å². The molecule has 9 heteroatoms. The summed E-state index contributed by atoms with van der Waals surface area (Å²) in [7, 11) is 3.07. The molecule has 3 rings (SSSR count). The molecule has 1 aliphatic rings. The lowest BCUT2D eigenvalue weighted by molar-refractivity contribution is -0.138. The van der Waals surface area contributed by atoms with Crippen LogP contribution in [-0.4, -0.2) is 36.8 Å². The Hall–Kier alpha value is -3.49. The number of allylic oxidation sites excluding steroid dienone is 1. The van der Waals surface area contributed by atoms with E-state index in [0.29, 0.717) is 39.7 Å². The number of fused-ring (bicyclic) bond motifs is 1. The fourth-order valence-corrected chi connectivity index (χ4v) is 3.34. The van der Waals surface area contributed by atoms with Crippen molar-refractivity contribution in [3.63, 3.8) is 0 Å². The number of aromatic amines is 1. The Labute approximate surface area is 161 Å². The Kier molecular flexibility index (Phi) is 5.25. The Morgan fingerprint density at radius 3 is 2.61 bits per heavy atom. The van der Waals surface area contributed by atoms with Crippen LogP contribution in [0.3, 0.4) is 0 Å². The summed E-state index contributed by atoms with van der Waals surface area (Å²) in [5.74, 6) is 0.370. The van der Waals surface area contributed by atoms with Crippen LogP contribution in [0.1, 0.15) is 30.9 Å². The number of ether oxygens (including phenoxy) is 3. The van der Waals surface area contributed by atoms with Gasteiger partial charge < -0.3 is 25.3 Å². The predicted octanol–water partition coefficient (Wildman–Crippen LogP) is 1.76. The van der Waals surface area contributed by atoms with Gasteiger partial charge in [0.2, 0.25) is 0 Å². The first kappa shape index (κ1) is 19.3. The minimum Gasteiger partial charge on any atom is -0.493 e. The van der Waals surface area contributed by atoms with Gasteiger partial charge in [0, 0.05) is 11.3 Å². The fourth-order valence-electron chi connectivity index (χ4n) is 3.34. The van der Waals surface area contributed by atoms with Crippen molar-refractivity contribution in [1.82, 2.24) is 9.97 Å². The monoisotopic (exact) mass is 386 g/mol. The van der Waals surface area contributed by atoms with Crippen molar-refractivity contribution in [1.29, 1.82) is 0 Å². The van der Waals surface area contributed by atoms with Crippen molar-refractivity contribution in [2.75, 3.05) is 31.9 Å². The molecule has 0 radical (unpaired) electrons. The predicted molar refractivity (Wildman–Crippen MR) is 104 cm³/mol. The van der Waals surface area contributed by atoms with Gasteiger partial charge in [-0.3, -0.25) is 4.98 Å². The molecule has 1 atom stereocenters. The SMILES string of the molecule is CCOC(=O)C1=C(C)Nc2nc(=O)[nH]c(N)c2C1c1ccc(OC)c(OC)c1. The van der Waals surface area contributed by atoms with E-state index in [1.54, 1.807) is 32.0 Å². The second-order valence-electron chi connectivity index (χ2n) is 6.15. The maximum atomic E-state index is 12.7. The zero-order valence-electron chi connectivity index (χ0n) is 16.1. The Morgan fingerprint density at radius 1 is 1.25 bits per heavy atom. The van der Waals surface area contributed by atoms with Crippen LogP contribution in [0.5, 0.6) is 11.5 Å². The highest BCUT2D eigenvalue weighted by Crippen LogP contribution is 2.44. The molecule has 2 heterocycles. The van der Waals surface area contributed by atoms with Gasteiger partial charge in [0.25, 0.3) is 0 Å². The van der Waals surface area contributed by atoms with E-state index < -0.39 is 17.6 Å². The maximum absolute atomic E-state index is 12.7. The van der Waals surface area contributed by atoms with E-state index >= 15 is 0 Å². The second kappa shape index (κ2) is 7.63. The van der Waals surface area contributed by atoms with E-state index in [0.717, 1.165) is 0 Å². The molecule has 9 nitrogen and oxygen atoms in total. The number of aromatic nitrogens is 2. The number of esters is 1. The quantitative estimate of drug-likeness (QED) is 0.663. The number of hydrogen-bond acceptors (Lipinski definition) is 8. The minimum absolute atomic E-state index is 0.122. The number of rotatable bonds is 5. The largest absolute Gasteiger partial charge is 0.493 e. The van der Waals surface area contributed by atoms with Gasteiger partial charge in [-0.2, -0.15) is 4.98 Å². The molecule has 2 aromatic rings. The second-order valence-corrected chi connectivity index (χ2v) is 6.15. The third kappa shape index (κ3) is 3.26. The molecule has 28 heavy (non-hydrogen) atoms. The van der Waals surface area contributed by atoms with E-state index in [4.69, 9.17) is 19.9 Å². The van der Waals surface area contributed by atoms with E-state index in [1.807, 2.05) is 0 Å². The van der Waals surface area contributed by atoms with Gasteiger partial charge in [-0.1, -0.05) is 6.07 Å². The number of anilines is 2. The molecule has 1 unspecified atom stereocenters. The van der Waals surface area contributed by atoms with Crippen molar-refractivity contribution >= 4 is 17.6 Å². The van der Waals surface area contributed by atoms with Gasteiger partial charge in [-0.05, 0) is 31.5 Å². The average Bonchev–Trinajstić information content (AvgIpc) is 2.66. The van der Waals surface area contributed by atoms with Crippen LogP contribution >= 0.6 is 0 Å². The van der Waals surface area contributed by atoms with Gasteiger partial charge >= 0.3 is 11.7 Å². The van der Waals surface area contributed by atoms with E-state index in [9.17, 15) is 9.59 Å². The van der Waals surface area contributed by atoms with Crippen LogP contribution in [0, 0.1) is 0 Å². The molecular weight excluding hydrogens is 364 g/mol. The van der Waals surface area contributed by atoms with Crippen LogP contribution in [0.15, 0.2) is 34.3 Å². The molecule has 0 saturated carbocycles. The summed E-state index contributed by atoms with van der Waals surface area (Å²) in [6.45, 7) is 3.68. The molecule has 0 amide bonds. The van der Waals surface area contributed by atoms with Gasteiger partial charge in [0.1, 0.15) is 11.6 Å². The molecule has 1 aromatic heterocycles. The summed E-state index contributed by atoms with van der Waals surface area (Å²) in [5.41, 5.74) is 7.64. The normalized spacial score (nSPS) is 15.5. The molecule has 0 bridgehead atoms. The number of carbonyl (C=O) groups is 1. The molecule has 0 saturated heterocycles. The van der Waals surface area contributed by atoms with Crippen LogP contribution in [0.4, 0.5) is 11.6 Å². The van der Waals surface area contributed by atoms with Crippen molar-refractivity contribution in [2.24, 2.45) is 0 Å². The topological polar surface area (TPSA) is 129 Å². The third-order valence-electron chi connectivity index (χ3n) is 4.52. The highest BCUT2D eigenvalue weighted by atomic mass is 16.5. The van der Waals surface area contributed by atoms with Crippen LogP contribution in [-0.2, 0) is 9.53 Å². The number of nitrogen functional groups attached to an aromatic ring is 1. The summed E-state index contributed by atoms with van der Waals surface area (Å²) < 4.78 is 16.0. The smallest absolute Gasteiger partial charge is 0.348 e. The summed E-state index contributed by atoms with van der Waals surface area (Å²) in [6.07, 6.45) is 0. The number of hydrogen-bond donors (Lipinski definition) is 3. The number of nitrogens with two attached hydrogens (primary N) is 1. The fraction of sp³-hybridized carbons (Fsp3) is 0.316. The highest BCUT2D eigenvalue weighted by Gasteiger charge is 2.36. The van der Waals surface area contributed by atoms with Gasteiger partial charge in [0.15, 0.2) is 11.5 Å². The maximum Gasteiger partial charge on any atom is 0.348 e. The Bertz CT molecular complexity index is 1010. The Morgan fingerprint density at radius 2 is 1.96 bits per heavy atom. The van der Waals surface area contributed by atoms with Crippen LogP contribution in [0.2, 0.25) is 0 Å². The molecule has 4 N–H and O–H groups in total.